The van der Waals surface area contributed by atoms with Crippen molar-refractivity contribution in [3.8, 4) is 0 Å². The molecule has 25 heavy (non-hydrogen) atoms. The topological polar surface area (TPSA) is 78.4 Å². The Labute approximate surface area is 158 Å². The summed E-state index contributed by atoms with van der Waals surface area (Å²) >= 11 is 4.50. The minimum Gasteiger partial charge on any atom is -0.358 e. The number of amides is 2. The smallest absolute Gasteiger partial charge is 0.230 e. The Bertz CT molecular complexity index is 711. The van der Waals surface area contributed by atoms with E-state index in [-0.39, 0.29) is 11.8 Å². The van der Waals surface area contributed by atoms with Gasteiger partial charge in [0, 0.05) is 38.1 Å². The molecule has 134 valence electrons. The van der Waals surface area contributed by atoms with E-state index >= 15 is 0 Å². The molecule has 2 aromatic rings. The molecule has 3 rings (SSSR count). The van der Waals surface area contributed by atoms with Crippen molar-refractivity contribution in [3.05, 3.63) is 22.4 Å². The van der Waals surface area contributed by atoms with E-state index in [2.05, 4.69) is 20.4 Å². The van der Waals surface area contributed by atoms with E-state index < -0.39 is 0 Å². The highest BCUT2D eigenvalue weighted by Crippen LogP contribution is 2.28. The minimum atomic E-state index is -0.0281. The standard InChI is InChI=1S/C15H19N5O2S3/c1-16-12(21)10-24-15-18-17-14(25-15)20-6-4-19(5-7-20)13(22)9-11-3-2-8-23-11/h2-3,8H,4-7,9-10H2,1H3,(H,16,21). The Kier molecular flexibility index (Phi) is 6.27. The van der Waals surface area contributed by atoms with Crippen LogP contribution in [0.3, 0.4) is 0 Å². The van der Waals surface area contributed by atoms with Crippen LogP contribution in [0.25, 0.3) is 0 Å². The summed E-state index contributed by atoms with van der Waals surface area (Å²) in [7, 11) is 1.62. The van der Waals surface area contributed by atoms with Crippen molar-refractivity contribution >= 4 is 51.4 Å². The molecule has 3 heterocycles. The van der Waals surface area contributed by atoms with Gasteiger partial charge in [-0.2, -0.15) is 0 Å². The van der Waals surface area contributed by atoms with E-state index in [1.54, 1.807) is 18.4 Å². The number of hydrogen-bond acceptors (Lipinski definition) is 8. The predicted molar refractivity (Wildman–Crippen MR) is 102 cm³/mol. The fraction of sp³-hybridized carbons (Fsp3) is 0.467. The summed E-state index contributed by atoms with van der Waals surface area (Å²) in [5.74, 6) is 0.497. The number of nitrogens with zero attached hydrogens (tertiary/aromatic N) is 4. The van der Waals surface area contributed by atoms with Crippen molar-refractivity contribution in [2.75, 3.05) is 43.9 Å². The lowest BCUT2D eigenvalue weighted by Gasteiger charge is -2.34. The van der Waals surface area contributed by atoms with Gasteiger partial charge in [-0.1, -0.05) is 29.2 Å². The lowest BCUT2D eigenvalue weighted by Crippen LogP contribution is -2.49. The summed E-state index contributed by atoms with van der Waals surface area (Å²) in [6.07, 6.45) is 0.483. The average Bonchev–Trinajstić information content (AvgIpc) is 3.31. The lowest BCUT2D eigenvalue weighted by molar-refractivity contribution is -0.130. The van der Waals surface area contributed by atoms with Gasteiger partial charge in [-0.05, 0) is 11.4 Å². The van der Waals surface area contributed by atoms with Crippen LogP contribution in [0, 0.1) is 0 Å². The predicted octanol–water partition coefficient (Wildman–Crippen LogP) is 1.33. The number of hydrogen-bond donors (Lipinski definition) is 1. The van der Waals surface area contributed by atoms with Gasteiger partial charge >= 0.3 is 0 Å². The minimum absolute atomic E-state index is 0.0281. The van der Waals surface area contributed by atoms with Crippen LogP contribution in [0.1, 0.15) is 4.88 Å². The number of anilines is 1. The summed E-state index contributed by atoms with van der Waals surface area (Å²) in [5.41, 5.74) is 0. The normalized spacial score (nSPS) is 14.6. The van der Waals surface area contributed by atoms with Crippen LogP contribution in [-0.4, -0.2) is 65.9 Å². The number of carbonyl (C=O) groups is 2. The molecule has 0 saturated carbocycles. The molecule has 10 heteroatoms. The molecular weight excluding hydrogens is 378 g/mol. The van der Waals surface area contributed by atoms with Crippen LogP contribution in [0.4, 0.5) is 5.13 Å². The number of thioether (sulfide) groups is 1. The van der Waals surface area contributed by atoms with Crippen molar-refractivity contribution in [1.82, 2.24) is 20.4 Å². The fourth-order valence-corrected chi connectivity index (χ4v) is 4.87. The Balaban J connectivity index is 1.48. The maximum atomic E-state index is 12.3. The second-order valence-electron chi connectivity index (χ2n) is 5.44. The van der Waals surface area contributed by atoms with Gasteiger partial charge in [-0.25, -0.2) is 0 Å². The molecule has 1 aliphatic rings. The number of carbonyl (C=O) groups excluding carboxylic acids is 2. The van der Waals surface area contributed by atoms with Gasteiger partial charge in [-0.15, -0.1) is 21.5 Å². The van der Waals surface area contributed by atoms with Crippen LogP contribution >= 0.6 is 34.4 Å². The molecule has 0 radical (unpaired) electrons. The van der Waals surface area contributed by atoms with E-state index in [4.69, 9.17) is 0 Å². The van der Waals surface area contributed by atoms with Crippen molar-refractivity contribution in [3.63, 3.8) is 0 Å². The number of aromatic nitrogens is 2. The van der Waals surface area contributed by atoms with Gasteiger partial charge in [0.05, 0.1) is 12.2 Å². The molecule has 0 aromatic carbocycles. The lowest BCUT2D eigenvalue weighted by atomic mass is 10.2. The maximum Gasteiger partial charge on any atom is 0.230 e. The number of rotatable bonds is 6. The summed E-state index contributed by atoms with van der Waals surface area (Å²) < 4.78 is 0.787. The zero-order valence-corrected chi connectivity index (χ0v) is 16.3. The number of piperazine rings is 1. The third-order valence-corrected chi connectivity index (χ3v) is 6.80. The second kappa shape index (κ2) is 8.63. The van der Waals surface area contributed by atoms with E-state index in [0.717, 1.165) is 27.4 Å². The highest BCUT2D eigenvalue weighted by atomic mass is 32.2. The van der Waals surface area contributed by atoms with Crippen molar-refractivity contribution < 1.29 is 9.59 Å². The fourth-order valence-electron chi connectivity index (χ4n) is 2.41. The van der Waals surface area contributed by atoms with Gasteiger partial charge in [-0.3, -0.25) is 9.59 Å². The van der Waals surface area contributed by atoms with E-state index in [1.807, 2.05) is 22.4 Å². The summed E-state index contributed by atoms with van der Waals surface area (Å²) in [5, 5.41) is 13.8. The SMILES string of the molecule is CNC(=O)CSc1nnc(N2CCN(C(=O)Cc3cccs3)CC2)s1. The first kappa shape index (κ1) is 18.2. The van der Waals surface area contributed by atoms with E-state index in [0.29, 0.717) is 25.3 Å². The Hall–Kier alpha value is -1.65. The van der Waals surface area contributed by atoms with E-state index in [1.165, 1.54) is 23.1 Å². The largest absolute Gasteiger partial charge is 0.358 e. The monoisotopic (exact) mass is 397 g/mol. The molecule has 1 fully saturated rings. The molecule has 2 amide bonds. The van der Waals surface area contributed by atoms with Gasteiger partial charge in [0.2, 0.25) is 16.9 Å². The molecule has 0 bridgehead atoms. The molecule has 0 aliphatic carbocycles. The third kappa shape index (κ3) is 4.93. The second-order valence-corrected chi connectivity index (χ2v) is 8.65. The Morgan fingerprint density at radius 2 is 2.08 bits per heavy atom. The molecule has 0 unspecified atom stereocenters. The first-order chi connectivity index (χ1) is 12.2. The quantitative estimate of drug-likeness (QED) is 0.741. The molecule has 1 saturated heterocycles. The highest BCUT2D eigenvalue weighted by Gasteiger charge is 2.23. The molecule has 0 spiro atoms. The molecule has 1 aliphatic heterocycles. The zero-order chi connectivity index (χ0) is 17.6. The van der Waals surface area contributed by atoms with Gasteiger partial charge in [0.25, 0.3) is 0 Å². The van der Waals surface area contributed by atoms with Gasteiger partial charge in [0.1, 0.15) is 0 Å². The summed E-state index contributed by atoms with van der Waals surface area (Å²) in [4.78, 5) is 28.8. The zero-order valence-electron chi connectivity index (χ0n) is 13.8. The average molecular weight is 398 g/mol. The third-order valence-electron chi connectivity index (χ3n) is 3.81. The Morgan fingerprint density at radius 1 is 1.28 bits per heavy atom. The highest BCUT2D eigenvalue weighted by molar-refractivity contribution is 8.01. The van der Waals surface area contributed by atoms with Crippen LogP contribution in [-0.2, 0) is 16.0 Å². The first-order valence-electron chi connectivity index (χ1n) is 7.87. The van der Waals surface area contributed by atoms with Crippen LogP contribution < -0.4 is 10.2 Å². The van der Waals surface area contributed by atoms with Crippen molar-refractivity contribution in [1.29, 1.82) is 0 Å². The molecule has 2 aromatic heterocycles. The first-order valence-corrected chi connectivity index (χ1v) is 10.6. The molecule has 7 nitrogen and oxygen atoms in total. The molecule has 0 atom stereocenters. The Morgan fingerprint density at radius 3 is 2.76 bits per heavy atom. The summed E-state index contributed by atoms with van der Waals surface area (Å²) in [6, 6.07) is 3.97. The van der Waals surface area contributed by atoms with Crippen LogP contribution in [0.15, 0.2) is 21.9 Å². The number of nitrogens with one attached hydrogen (secondary N) is 1. The van der Waals surface area contributed by atoms with Gasteiger partial charge in [0.15, 0.2) is 4.34 Å². The molecular formula is C15H19N5O2S3. The van der Waals surface area contributed by atoms with Crippen molar-refractivity contribution in [2.45, 2.75) is 10.8 Å². The van der Waals surface area contributed by atoms with Crippen molar-refractivity contribution in [2.24, 2.45) is 0 Å². The maximum absolute atomic E-state index is 12.3. The van der Waals surface area contributed by atoms with Crippen LogP contribution in [0.5, 0.6) is 0 Å². The number of thiophene rings is 1. The van der Waals surface area contributed by atoms with Crippen LogP contribution in [0.2, 0.25) is 0 Å². The van der Waals surface area contributed by atoms with Gasteiger partial charge < -0.3 is 15.1 Å². The van der Waals surface area contributed by atoms with E-state index in [9.17, 15) is 9.59 Å². The summed E-state index contributed by atoms with van der Waals surface area (Å²) in [6.45, 7) is 2.91. The molecule has 1 N–H and O–H groups in total.